The second-order valence-electron chi connectivity index (χ2n) is 5.64. The number of carbonyl (C=O) groups is 3. The molecular weight excluding hydrogens is 366 g/mol. The van der Waals surface area contributed by atoms with Crippen molar-refractivity contribution in [2.45, 2.75) is 13.8 Å². The molecule has 0 atom stereocenters. The maximum absolute atomic E-state index is 12.5. The van der Waals surface area contributed by atoms with Gasteiger partial charge in [-0.05, 0) is 43.3 Å². The van der Waals surface area contributed by atoms with Crippen molar-refractivity contribution in [2.75, 3.05) is 17.2 Å². The van der Waals surface area contributed by atoms with Gasteiger partial charge in [0.2, 0.25) is 5.91 Å². The number of fused-ring (bicyclic) bond motifs is 1. The Balaban J connectivity index is 1.78. The van der Waals surface area contributed by atoms with Crippen molar-refractivity contribution in [1.82, 2.24) is 4.98 Å². The third-order valence-electron chi connectivity index (χ3n) is 3.57. The van der Waals surface area contributed by atoms with E-state index in [1.807, 2.05) is 0 Å². The number of amides is 2. The lowest BCUT2D eigenvalue weighted by Crippen LogP contribution is -2.12. The number of hydrogen-bond acceptors (Lipinski definition) is 6. The molecular formula is C19H17N3O4S. The van der Waals surface area contributed by atoms with Crippen LogP contribution in [-0.4, -0.2) is 29.4 Å². The van der Waals surface area contributed by atoms with E-state index in [9.17, 15) is 14.4 Å². The molecule has 2 amide bonds. The highest BCUT2D eigenvalue weighted by Gasteiger charge is 2.12. The number of aromatic nitrogens is 1. The molecule has 138 valence electrons. The highest BCUT2D eigenvalue weighted by atomic mass is 32.1. The Morgan fingerprint density at radius 1 is 1.07 bits per heavy atom. The molecule has 0 unspecified atom stereocenters. The van der Waals surface area contributed by atoms with Crippen molar-refractivity contribution in [3.63, 3.8) is 0 Å². The first-order chi connectivity index (χ1) is 13.0. The summed E-state index contributed by atoms with van der Waals surface area (Å²) in [6.45, 7) is 3.43. The van der Waals surface area contributed by atoms with E-state index in [4.69, 9.17) is 4.74 Å². The van der Waals surface area contributed by atoms with Crippen LogP contribution < -0.4 is 10.6 Å². The fourth-order valence-electron chi connectivity index (χ4n) is 2.41. The minimum absolute atomic E-state index is 0.200. The molecule has 0 saturated heterocycles. The van der Waals surface area contributed by atoms with Crippen LogP contribution in [0.3, 0.4) is 0 Å². The fraction of sp³-hybridized carbons (Fsp3) is 0.158. The van der Waals surface area contributed by atoms with Gasteiger partial charge in [-0.25, -0.2) is 9.78 Å². The van der Waals surface area contributed by atoms with Crippen LogP contribution in [0.15, 0.2) is 42.5 Å². The summed E-state index contributed by atoms with van der Waals surface area (Å²) < 4.78 is 5.75. The SMILES string of the molecule is CCOC(=O)c1cccc(NC(=O)c2ccc3nc(NC(C)=O)sc3c2)c1. The van der Waals surface area contributed by atoms with Crippen molar-refractivity contribution in [3.8, 4) is 0 Å². The number of ether oxygens (including phenoxy) is 1. The number of anilines is 2. The first kappa shape index (κ1) is 18.5. The minimum Gasteiger partial charge on any atom is -0.462 e. The van der Waals surface area contributed by atoms with Gasteiger partial charge in [0.15, 0.2) is 5.13 Å². The van der Waals surface area contributed by atoms with Gasteiger partial charge in [0, 0.05) is 18.2 Å². The predicted octanol–water partition coefficient (Wildman–Crippen LogP) is 3.68. The molecule has 0 aliphatic heterocycles. The van der Waals surface area contributed by atoms with E-state index in [2.05, 4.69) is 15.6 Å². The van der Waals surface area contributed by atoms with Gasteiger partial charge >= 0.3 is 5.97 Å². The number of esters is 1. The standard InChI is InChI=1S/C19H17N3O4S/c1-3-26-18(25)13-5-4-6-14(9-13)21-17(24)12-7-8-15-16(10-12)27-19(22-15)20-11(2)23/h4-10H,3H2,1-2H3,(H,21,24)(H,20,22,23). The largest absolute Gasteiger partial charge is 0.462 e. The smallest absolute Gasteiger partial charge is 0.338 e. The van der Waals surface area contributed by atoms with Gasteiger partial charge in [0.1, 0.15) is 0 Å². The molecule has 0 radical (unpaired) electrons. The monoisotopic (exact) mass is 383 g/mol. The second kappa shape index (κ2) is 7.96. The zero-order valence-corrected chi connectivity index (χ0v) is 15.6. The first-order valence-electron chi connectivity index (χ1n) is 8.23. The van der Waals surface area contributed by atoms with Gasteiger partial charge in [-0.2, -0.15) is 0 Å². The van der Waals surface area contributed by atoms with Crippen molar-refractivity contribution >= 4 is 50.2 Å². The van der Waals surface area contributed by atoms with E-state index in [-0.39, 0.29) is 18.4 Å². The van der Waals surface area contributed by atoms with Gasteiger partial charge in [-0.15, -0.1) is 0 Å². The molecule has 1 heterocycles. The number of hydrogen-bond donors (Lipinski definition) is 2. The van der Waals surface area contributed by atoms with E-state index in [1.54, 1.807) is 49.4 Å². The van der Waals surface area contributed by atoms with Crippen LogP contribution in [-0.2, 0) is 9.53 Å². The summed E-state index contributed by atoms with van der Waals surface area (Å²) in [5.41, 5.74) is 2.01. The minimum atomic E-state index is -0.440. The fourth-order valence-corrected chi connectivity index (χ4v) is 3.36. The van der Waals surface area contributed by atoms with Crippen molar-refractivity contribution in [2.24, 2.45) is 0 Å². The van der Waals surface area contributed by atoms with Crippen molar-refractivity contribution < 1.29 is 19.1 Å². The van der Waals surface area contributed by atoms with E-state index in [0.717, 1.165) is 4.70 Å². The van der Waals surface area contributed by atoms with Gasteiger partial charge in [0.05, 0.1) is 22.4 Å². The number of thiazole rings is 1. The van der Waals surface area contributed by atoms with E-state index >= 15 is 0 Å². The van der Waals surface area contributed by atoms with Crippen LogP contribution in [0.1, 0.15) is 34.6 Å². The molecule has 7 nitrogen and oxygen atoms in total. The van der Waals surface area contributed by atoms with Gasteiger partial charge in [0.25, 0.3) is 5.91 Å². The Hall–Kier alpha value is -3.26. The molecule has 0 aliphatic rings. The Morgan fingerprint density at radius 2 is 1.89 bits per heavy atom. The Morgan fingerprint density at radius 3 is 2.63 bits per heavy atom. The van der Waals surface area contributed by atoms with Gasteiger partial charge < -0.3 is 15.4 Å². The van der Waals surface area contributed by atoms with Crippen molar-refractivity contribution in [3.05, 3.63) is 53.6 Å². The molecule has 1 aromatic heterocycles. The summed E-state index contributed by atoms with van der Waals surface area (Å²) >= 11 is 1.29. The summed E-state index contributed by atoms with van der Waals surface area (Å²) in [7, 11) is 0. The van der Waals surface area contributed by atoms with Crippen LogP contribution in [0, 0.1) is 0 Å². The molecule has 2 N–H and O–H groups in total. The molecule has 0 bridgehead atoms. The average Bonchev–Trinajstić information content (AvgIpc) is 3.02. The lowest BCUT2D eigenvalue weighted by molar-refractivity contribution is -0.114. The molecule has 0 spiro atoms. The third kappa shape index (κ3) is 4.48. The summed E-state index contributed by atoms with van der Waals surface area (Å²) in [6, 6.07) is 11.7. The van der Waals surface area contributed by atoms with Gasteiger partial charge in [-0.1, -0.05) is 17.4 Å². The molecule has 0 saturated carbocycles. The number of carbonyl (C=O) groups excluding carboxylic acids is 3. The molecule has 2 aromatic carbocycles. The average molecular weight is 383 g/mol. The van der Waals surface area contributed by atoms with E-state index < -0.39 is 5.97 Å². The van der Waals surface area contributed by atoms with Crippen molar-refractivity contribution in [1.29, 1.82) is 0 Å². The number of rotatable bonds is 5. The Labute approximate surface area is 159 Å². The molecule has 27 heavy (non-hydrogen) atoms. The van der Waals surface area contributed by atoms with E-state index in [0.29, 0.717) is 27.5 Å². The molecule has 0 fully saturated rings. The summed E-state index contributed by atoms with van der Waals surface area (Å²) in [4.78, 5) is 39.8. The molecule has 3 rings (SSSR count). The summed E-state index contributed by atoms with van der Waals surface area (Å²) in [5, 5.41) is 5.88. The molecule has 8 heteroatoms. The predicted molar refractivity (Wildman–Crippen MR) is 104 cm³/mol. The Kier molecular flexibility index (Phi) is 5.46. The number of benzene rings is 2. The van der Waals surface area contributed by atoms with Crippen LogP contribution >= 0.6 is 11.3 Å². The van der Waals surface area contributed by atoms with Crippen LogP contribution in [0.2, 0.25) is 0 Å². The zero-order chi connectivity index (χ0) is 19.4. The lowest BCUT2D eigenvalue weighted by atomic mass is 10.1. The van der Waals surface area contributed by atoms with Crippen LogP contribution in [0.25, 0.3) is 10.2 Å². The maximum atomic E-state index is 12.5. The topological polar surface area (TPSA) is 97.4 Å². The number of nitrogens with one attached hydrogen (secondary N) is 2. The molecule has 3 aromatic rings. The van der Waals surface area contributed by atoms with Crippen LogP contribution in [0.5, 0.6) is 0 Å². The normalized spacial score (nSPS) is 10.4. The summed E-state index contributed by atoms with van der Waals surface area (Å²) in [6.07, 6.45) is 0. The van der Waals surface area contributed by atoms with Crippen LogP contribution in [0.4, 0.5) is 10.8 Å². The quantitative estimate of drug-likeness (QED) is 0.655. The molecule has 0 aliphatic carbocycles. The Bertz CT molecular complexity index is 1030. The zero-order valence-electron chi connectivity index (χ0n) is 14.7. The highest BCUT2D eigenvalue weighted by molar-refractivity contribution is 7.22. The second-order valence-corrected chi connectivity index (χ2v) is 6.67. The first-order valence-corrected chi connectivity index (χ1v) is 9.04. The summed E-state index contributed by atoms with van der Waals surface area (Å²) in [5.74, 6) is -0.953. The maximum Gasteiger partial charge on any atom is 0.338 e. The van der Waals surface area contributed by atoms with Gasteiger partial charge in [-0.3, -0.25) is 9.59 Å². The number of nitrogens with zero attached hydrogens (tertiary/aromatic N) is 1. The highest BCUT2D eigenvalue weighted by Crippen LogP contribution is 2.27. The third-order valence-corrected chi connectivity index (χ3v) is 4.50. The van der Waals surface area contributed by atoms with E-state index in [1.165, 1.54) is 18.3 Å². The lowest BCUT2D eigenvalue weighted by Gasteiger charge is -2.07.